The highest BCUT2D eigenvalue weighted by molar-refractivity contribution is 6.21. The fourth-order valence-corrected chi connectivity index (χ4v) is 2.69. The summed E-state index contributed by atoms with van der Waals surface area (Å²) in [7, 11) is 0. The molecule has 1 unspecified atom stereocenters. The molecule has 8 nitrogen and oxygen atoms in total. The fourth-order valence-electron chi connectivity index (χ4n) is 2.69. The largest absolute Gasteiger partial charge is 0.293 e. The first kappa shape index (κ1) is 15.0. The molecule has 1 N–H and O–H groups in total. The van der Waals surface area contributed by atoms with Crippen molar-refractivity contribution in [1.29, 1.82) is 0 Å². The quantitative estimate of drug-likeness (QED) is 0.371. The van der Waals surface area contributed by atoms with Crippen LogP contribution in [0.1, 0.15) is 29.6 Å². The molecule has 1 aromatic carbocycles. The molecule has 0 radical (unpaired) electrons. The smallest absolute Gasteiger partial charge is 0.264 e. The minimum absolute atomic E-state index is 0.0556. The van der Waals surface area contributed by atoms with Gasteiger partial charge in [-0.1, -0.05) is 12.1 Å². The zero-order valence-corrected chi connectivity index (χ0v) is 11.9. The van der Waals surface area contributed by atoms with Gasteiger partial charge in [0.2, 0.25) is 11.8 Å². The molecule has 2 saturated heterocycles. The number of anilines is 1. The van der Waals surface area contributed by atoms with Crippen LogP contribution in [0.4, 0.5) is 5.69 Å². The van der Waals surface area contributed by atoms with E-state index in [-0.39, 0.29) is 41.0 Å². The molecular weight excluding hydrogens is 304 g/mol. The van der Waals surface area contributed by atoms with Crippen molar-refractivity contribution in [2.45, 2.75) is 19.3 Å². The normalized spacial score (nSPS) is 21.5. The van der Waals surface area contributed by atoms with Gasteiger partial charge >= 0.3 is 0 Å². The van der Waals surface area contributed by atoms with E-state index >= 15 is 0 Å². The van der Waals surface area contributed by atoms with Gasteiger partial charge in [0.25, 0.3) is 11.8 Å². The molecule has 8 heteroatoms. The second-order valence-corrected chi connectivity index (χ2v) is 5.34. The fraction of sp³-hybridized carbons (Fsp3) is 0.267. The summed E-state index contributed by atoms with van der Waals surface area (Å²) in [6.07, 6.45) is -0.168. The number of hydroxylamine groups is 2. The highest BCUT2D eigenvalue weighted by Gasteiger charge is 2.43. The number of rotatable bonds is 3. The van der Waals surface area contributed by atoms with Crippen LogP contribution in [-0.4, -0.2) is 39.7 Å². The Morgan fingerprint density at radius 1 is 1.04 bits per heavy atom. The second kappa shape index (κ2) is 5.40. The van der Waals surface area contributed by atoms with Crippen LogP contribution in [0.3, 0.4) is 0 Å². The van der Waals surface area contributed by atoms with E-state index < -0.39 is 29.9 Å². The van der Waals surface area contributed by atoms with Gasteiger partial charge < -0.3 is 0 Å². The van der Waals surface area contributed by atoms with Crippen LogP contribution in [0.15, 0.2) is 24.3 Å². The average molecular weight is 316 g/mol. The van der Waals surface area contributed by atoms with Crippen LogP contribution in [0.2, 0.25) is 0 Å². The summed E-state index contributed by atoms with van der Waals surface area (Å²) in [5.41, 5.74) is 0.345. The van der Waals surface area contributed by atoms with Crippen LogP contribution in [-0.2, 0) is 19.2 Å². The first-order valence-corrected chi connectivity index (χ1v) is 6.96. The summed E-state index contributed by atoms with van der Waals surface area (Å²) in [5, 5.41) is 9.16. The number of benzene rings is 1. The van der Waals surface area contributed by atoms with E-state index in [0.29, 0.717) is 0 Å². The summed E-state index contributed by atoms with van der Waals surface area (Å²) < 4.78 is 0. The lowest BCUT2D eigenvalue weighted by Gasteiger charge is -2.15. The SMILES string of the molecule is O=C(c1cccc(N2C(=O)CCC2=O)c1)C1CC(=O)N(O)C1=O. The number of imide groups is 2. The first-order valence-electron chi connectivity index (χ1n) is 6.96. The van der Waals surface area contributed by atoms with Crippen molar-refractivity contribution >= 4 is 35.1 Å². The van der Waals surface area contributed by atoms with Gasteiger partial charge in [0.15, 0.2) is 5.78 Å². The van der Waals surface area contributed by atoms with Gasteiger partial charge in [-0.15, -0.1) is 0 Å². The number of ketones is 1. The van der Waals surface area contributed by atoms with Crippen molar-refractivity contribution < 1.29 is 29.2 Å². The van der Waals surface area contributed by atoms with E-state index in [9.17, 15) is 29.2 Å². The summed E-state index contributed by atoms with van der Waals surface area (Å²) >= 11 is 0. The predicted molar refractivity (Wildman–Crippen MR) is 74.2 cm³/mol. The number of amides is 4. The molecule has 118 valence electrons. The number of carbonyl (C=O) groups excluding carboxylic acids is 5. The van der Waals surface area contributed by atoms with E-state index in [0.717, 1.165) is 4.90 Å². The monoisotopic (exact) mass is 316 g/mol. The molecule has 0 bridgehead atoms. The Balaban J connectivity index is 1.90. The maximum atomic E-state index is 12.4. The Hall–Kier alpha value is -2.87. The molecular formula is C15H12N2O6. The summed E-state index contributed by atoms with van der Waals surface area (Å²) in [5.74, 6) is -4.44. The maximum absolute atomic E-state index is 12.4. The average Bonchev–Trinajstić information content (AvgIpc) is 3.00. The Labute approximate surface area is 130 Å². The Kier molecular flexibility index (Phi) is 3.53. The van der Waals surface area contributed by atoms with Crippen LogP contribution in [0.25, 0.3) is 0 Å². The van der Waals surface area contributed by atoms with Gasteiger partial charge in [-0.3, -0.25) is 34.1 Å². The standard InChI is InChI=1S/C15H12N2O6/c18-11-4-5-12(19)16(11)9-3-1-2-8(6-9)14(21)10-7-13(20)17(23)15(10)22/h1-3,6,10,23H,4-5,7H2. The van der Waals surface area contributed by atoms with E-state index in [1.165, 1.54) is 24.3 Å². The Morgan fingerprint density at radius 2 is 1.70 bits per heavy atom. The molecule has 2 fully saturated rings. The molecule has 1 atom stereocenters. The molecule has 23 heavy (non-hydrogen) atoms. The zero-order chi connectivity index (χ0) is 16.7. The first-order chi connectivity index (χ1) is 10.9. The van der Waals surface area contributed by atoms with Crippen LogP contribution in [0.5, 0.6) is 0 Å². The summed E-state index contributed by atoms with van der Waals surface area (Å²) in [4.78, 5) is 59.9. The van der Waals surface area contributed by atoms with Crippen molar-refractivity contribution in [2.24, 2.45) is 5.92 Å². The van der Waals surface area contributed by atoms with Crippen LogP contribution < -0.4 is 4.90 Å². The number of hydrogen-bond acceptors (Lipinski definition) is 6. The lowest BCUT2D eigenvalue weighted by Crippen LogP contribution is -2.30. The lowest BCUT2D eigenvalue weighted by atomic mass is 9.96. The van der Waals surface area contributed by atoms with Crippen LogP contribution in [0, 0.1) is 5.92 Å². The molecule has 0 spiro atoms. The third-order valence-electron chi connectivity index (χ3n) is 3.88. The zero-order valence-electron chi connectivity index (χ0n) is 11.9. The molecule has 2 aliphatic rings. The minimum atomic E-state index is -1.28. The van der Waals surface area contributed by atoms with Gasteiger partial charge in [0.05, 0.1) is 5.69 Å². The molecule has 0 aliphatic carbocycles. The Morgan fingerprint density at radius 3 is 2.26 bits per heavy atom. The third kappa shape index (κ3) is 2.42. The molecule has 2 heterocycles. The lowest BCUT2D eigenvalue weighted by molar-refractivity contribution is -0.171. The molecule has 2 aliphatic heterocycles. The van der Waals surface area contributed by atoms with Gasteiger partial charge in [0, 0.05) is 24.8 Å². The molecule has 0 aromatic heterocycles. The van der Waals surface area contributed by atoms with Gasteiger partial charge in [-0.25, -0.2) is 0 Å². The van der Waals surface area contributed by atoms with Gasteiger partial charge in [-0.05, 0) is 12.1 Å². The van der Waals surface area contributed by atoms with E-state index in [4.69, 9.17) is 0 Å². The number of hydrogen-bond donors (Lipinski definition) is 1. The number of Topliss-reactive ketones (excluding diaryl/α,β-unsaturated/α-hetero) is 1. The van der Waals surface area contributed by atoms with Crippen molar-refractivity contribution in [3.63, 3.8) is 0 Å². The predicted octanol–water partition coefficient (Wildman–Crippen LogP) is 0.287. The van der Waals surface area contributed by atoms with E-state index in [1.54, 1.807) is 0 Å². The maximum Gasteiger partial charge on any atom is 0.264 e. The van der Waals surface area contributed by atoms with Gasteiger partial charge in [0.1, 0.15) is 5.92 Å². The van der Waals surface area contributed by atoms with Crippen molar-refractivity contribution in [2.75, 3.05) is 4.90 Å². The number of nitrogens with zero attached hydrogens (tertiary/aromatic N) is 2. The highest BCUT2D eigenvalue weighted by Crippen LogP contribution is 2.27. The van der Waals surface area contributed by atoms with E-state index in [1.807, 2.05) is 0 Å². The van der Waals surface area contributed by atoms with Crippen LogP contribution >= 0.6 is 0 Å². The molecule has 3 rings (SSSR count). The molecule has 0 saturated carbocycles. The molecule has 1 aromatic rings. The second-order valence-electron chi connectivity index (χ2n) is 5.34. The van der Waals surface area contributed by atoms with Crippen molar-refractivity contribution in [3.05, 3.63) is 29.8 Å². The van der Waals surface area contributed by atoms with Crippen molar-refractivity contribution in [1.82, 2.24) is 5.06 Å². The van der Waals surface area contributed by atoms with Crippen molar-refractivity contribution in [3.8, 4) is 0 Å². The minimum Gasteiger partial charge on any atom is -0.293 e. The summed E-state index contributed by atoms with van der Waals surface area (Å²) in [6.45, 7) is 0. The Bertz CT molecular complexity index is 740. The van der Waals surface area contributed by atoms with E-state index in [2.05, 4.69) is 0 Å². The third-order valence-corrected chi connectivity index (χ3v) is 3.88. The number of carbonyl (C=O) groups is 5. The highest BCUT2D eigenvalue weighted by atomic mass is 16.5. The summed E-state index contributed by atoms with van der Waals surface area (Å²) in [6, 6.07) is 5.76. The molecule has 4 amide bonds. The topological polar surface area (TPSA) is 112 Å². The van der Waals surface area contributed by atoms with Gasteiger partial charge in [-0.2, -0.15) is 5.06 Å².